The van der Waals surface area contributed by atoms with E-state index in [0.717, 1.165) is 10.9 Å². The zero-order valence-corrected chi connectivity index (χ0v) is 16.8. The van der Waals surface area contributed by atoms with Crippen LogP contribution in [0, 0.1) is 12.7 Å². The lowest BCUT2D eigenvalue weighted by molar-refractivity contribution is -0.139. The van der Waals surface area contributed by atoms with Gasteiger partial charge in [-0.3, -0.25) is 19.3 Å². The van der Waals surface area contributed by atoms with Crippen LogP contribution in [-0.4, -0.2) is 27.6 Å². The van der Waals surface area contributed by atoms with Gasteiger partial charge in [-0.15, -0.1) is 0 Å². The highest BCUT2D eigenvalue weighted by Gasteiger charge is 2.29. The van der Waals surface area contributed by atoms with Crippen molar-refractivity contribution in [2.24, 2.45) is 5.73 Å². The second-order valence-electron chi connectivity index (χ2n) is 7.22. The maximum absolute atomic E-state index is 13.5. The maximum atomic E-state index is 13.5. The standard InChI is InChI=1S/C22H17ClFN3O3/c1-11-6-12(10-27-19(28)4-5-20(27)29)7-17-21(11)15(9-18(26-17)22(25)30)14-3-2-13(24)8-16(14)23/h2-3,6-9H,4-5,10H2,1H3,(H2,25,30). The molecular formula is C22H17ClFN3O3. The molecule has 2 aromatic carbocycles. The van der Waals surface area contributed by atoms with E-state index >= 15 is 0 Å². The minimum atomic E-state index is -0.718. The molecule has 1 aliphatic rings. The van der Waals surface area contributed by atoms with E-state index in [1.807, 2.05) is 13.0 Å². The van der Waals surface area contributed by atoms with Gasteiger partial charge in [0, 0.05) is 23.8 Å². The number of amides is 3. The van der Waals surface area contributed by atoms with Gasteiger partial charge < -0.3 is 5.73 Å². The molecule has 2 heterocycles. The lowest BCUT2D eigenvalue weighted by Gasteiger charge is -2.17. The molecule has 152 valence electrons. The van der Waals surface area contributed by atoms with Crippen LogP contribution in [0.5, 0.6) is 0 Å². The van der Waals surface area contributed by atoms with Crippen LogP contribution < -0.4 is 5.73 Å². The van der Waals surface area contributed by atoms with Crippen LogP contribution >= 0.6 is 11.6 Å². The Labute approximate surface area is 176 Å². The topological polar surface area (TPSA) is 93.4 Å². The number of hydrogen-bond acceptors (Lipinski definition) is 4. The fourth-order valence-electron chi connectivity index (χ4n) is 3.77. The van der Waals surface area contributed by atoms with Crippen molar-refractivity contribution < 1.29 is 18.8 Å². The number of benzene rings is 2. The molecule has 0 saturated carbocycles. The summed E-state index contributed by atoms with van der Waals surface area (Å²) >= 11 is 6.27. The molecule has 1 fully saturated rings. The molecular weight excluding hydrogens is 409 g/mol. The molecule has 1 saturated heterocycles. The highest BCUT2D eigenvalue weighted by Crippen LogP contribution is 2.36. The van der Waals surface area contributed by atoms with Gasteiger partial charge in [-0.2, -0.15) is 0 Å². The van der Waals surface area contributed by atoms with Gasteiger partial charge in [0.25, 0.3) is 5.91 Å². The third-order valence-electron chi connectivity index (χ3n) is 5.14. The predicted octanol–water partition coefficient (Wildman–Crippen LogP) is 3.75. The number of aryl methyl sites for hydroxylation is 1. The van der Waals surface area contributed by atoms with Gasteiger partial charge in [-0.1, -0.05) is 17.7 Å². The Morgan fingerprint density at radius 1 is 1.13 bits per heavy atom. The molecule has 2 N–H and O–H groups in total. The first-order chi connectivity index (χ1) is 14.2. The number of pyridine rings is 1. The van der Waals surface area contributed by atoms with Crippen molar-refractivity contribution in [2.75, 3.05) is 0 Å². The van der Waals surface area contributed by atoms with Gasteiger partial charge in [0.2, 0.25) is 11.8 Å². The van der Waals surface area contributed by atoms with Gasteiger partial charge in [-0.25, -0.2) is 9.37 Å². The molecule has 0 unspecified atom stereocenters. The Kier molecular flexibility index (Phi) is 4.99. The number of carbonyl (C=O) groups is 3. The lowest BCUT2D eigenvalue weighted by Crippen LogP contribution is -2.28. The highest BCUT2D eigenvalue weighted by atomic mass is 35.5. The van der Waals surface area contributed by atoms with E-state index in [-0.39, 0.29) is 41.9 Å². The van der Waals surface area contributed by atoms with Crippen LogP contribution in [0.15, 0.2) is 36.4 Å². The number of fused-ring (bicyclic) bond motifs is 1. The van der Waals surface area contributed by atoms with Gasteiger partial charge in [0.1, 0.15) is 11.5 Å². The summed E-state index contributed by atoms with van der Waals surface area (Å²) in [5.41, 5.74) is 8.60. The zero-order chi connectivity index (χ0) is 21.6. The number of primary amides is 1. The van der Waals surface area contributed by atoms with E-state index in [1.165, 1.54) is 29.2 Å². The summed E-state index contributed by atoms with van der Waals surface area (Å²) in [5.74, 6) is -1.62. The summed E-state index contributed by atoms with van der Waals surface area (Å²) in [6, 6.07) is 9.12. The number of imide groups is 1. The number of hydrogen-bond donors (Lipinski definition) is 1. The maximum Gasteiger partial charge on any atom is 0.267 e. The van der Waals surface area contributed by atoms with Gasteiger partial charge in [0.05, 0.1) is 17.1 Å². The summed E-state index contributed by atoms with van der Waals surface area (Å²) in [6.45, 7) is 1.98. The molecule has 1 aromatic heterocycles. The molecule has 0 aliphatic carbocycles. The Bertz CT molecular complexity index is 1230. The van der Waals surface area contributed by atoms with Crippen molar-refractivity contribution in [1.29, 1.82) is 0 Å². The molecule has 0 radical (unpaired) electrons. The number of rotatable bonds is 4. The summed E-state index contributed by atoms with van der Waals surface area (Å²) in [6.07, 6.45) is 0.422. The summed E-state index contributed by atoms with van der Waals surface area (Å²) in [5, 5.41) is 0.908. The van der Waals surface area contributed by atoms with Crippen molar-refractivity contribution in [1.82, 2.24) is 9.88 Å². The van der Waals surface area contributed by atoms with Crippen molar-refractivity contribution in [3.63, 3.8) is 0 Å². The van der Waals surface area contributed by atoms with E-state index in [1.54, 1.807) is 6.07 Å². The number of likely N-dealkylation sites (tertiary alicyclic amines) is 1. The SMILES string of the molecule is Cc1cc(CN2C(=O)CCC2=O)cc2nc(C(N)=O)cc(-c3ccc(F)cc3Cl)c12. The monoisotopic (exact) mass is 425 g/mol. The number of nitrogens with zero attached hydrogens (tertiary/aromatic N) is 2. The van der Waals surface area contributed by atoms with E-state index in [4.69, 9.17) is 17.3 Å². The summed E-state index contributed by atoms with van der Waals surface area (Å²) < 4.78 is 13.5. The first kappa shape index (κ1) is 20.0. The van der Waals surface area contributed by atoms with Crippen LogP contribution in [0.1, 0.15) is 34.5 Å². The predicted molar refractivity (Wildman–Crippen MR) is 110 cm³/mol. The fraction of sp³-hybridized carbons (Fsp3) is 0.182. The molecule has 4 rings (SSSR count). The first-order valence-corrected chi connectivity index (χ1v) is 9.65. The lowest BCUT2D eigenvalue weighted by atomic mass is 9.95. The highest BCUT2D eigenvalue weighted by molar-refractivity contribution is 6.33. The molecule has 6 nitrogen and oxygen atoms in total. The third-order valence-corrected chi connectivity index (χ3v) is 5.45. The van der Waals surface area contributed by atoms with E-state index in [9.17, 15) is 18.8 Å². The number of nitrogens with two attached hydrogens (primary N) is 1. The van der Waals surface area contributed by atoms with Gasteiger partial charge in [0.15, 0.2) is 0 Å². The Hall–Kier alpha value is -3.32. The van der Waals surface area contributed by atoms with Gasteiger partial charge >= 0.3 is 0 Å². The quantitative estimate of drug-likeness (QED) is 0.644. The third kappa shape index (κ3) is 3.52. The average molecular weight is 426 g/mol. The van der Waals surface area contributed by atoms with Crippen LogP contribution in [0.25, 0.3) is 22.0 Å². The smallest absolute Gasteiger partial charge is 0.267 e. The van der Waals surface area contributed by atoms with E-state index < -0.39 is 11.7 Å². The minimum Gasteiger partial charge on any atom is -0.364 e. The van der Waals surface area contributed by atoms with Crippen LogP contribution in [0.2, 0.25) is 5.02 Å². The number of carbonyl (C=O) groups excluding carboxylic acids is 3. The summed E-state index contributed by atoms with van der Waals surface area (Å²) in [4.78, 5) is 41.4. The zero-order valence-electron chi connectivity index (χ0n) is 16.0. The van der Waals surface area contributed by atoms with Crippen molar-refractivity contribution in [3.05, 3.63) is 64.1 Å². The average Bonchev–Trinajstić information content (AvgIpc) is 2.99. The molecule has 0 spiro atoms. The number of aromatic nitrogens is 1. The van der Waals surface area contributed by atoms with Crippen LogP contribution in [0.3, 0.4) is 0 Å². The second-order valence-corrected chi connectivity index (χ2v) is 7.63. The fourth-order valence-corrected chi connectivity index (χ4v) is 4.04. The molecule has 3 aromatic rings. The van der Waals surface area contributed by atoms with Crippen LogP contribution in [0.4, 0.5) is 4.39 Å². The largest absolute Gasteiger partial charge is 0.364 e. The Morgan fingerprint density at radius 3 is 2.47 bits per heavy atom. The number of halogens is 2. The molecule has 0 atom stereocenters. The molecule has 0 bridgehead atoms. The molecule has 30 heavy (non-hydrogen) atoms. The van der Waals surface area contributed by atoms with Crippen molar-refractivity contribution in [2.45, 2.75) is 26.3 Å². The molecule has 3 amide bonds. The Morgan fingerprint density at radius 2 is 1.83 bits per heavy atom. The van der Waals surface area contributed by atoms with E-state index in [0.29, 0.717) is 22.2 Å². The minimum absolute atomic E-state index is 0.0303. The van der Waals surface area contributed by atoms with Crippen molar-refractivity contribution >= 4 is 40.2 Å². The second kappa shape index (κ2) is 7.50. The van der Waals surface area contributed by atoms with E-state index in [2.05, 4.69) is 4.98 Å². The Balaban J connectivity index is 1.91. The first-order valence-electron chi connectivity index (χ1n) is 9.27. The van der Waals surface area contributed by atoms with Crippen LogP contribution in [-0.2, 0) is 16.1 Å². The molecule has 1 aliphatic heterocycles. The van der Waals surface area contributed by atoms with Gasteiger partial charge in [-0.05, 0) is 53.9 Å². The molecule has 8 heteroatoms. The summed E-state index contributed by atoms with van der Waals surface area (Å²) in [7, 11) is 0. The normalized spacial score (nSPS) is 14.0. The van der Waals surface area contributed by atoms with Crippen molar-refractivity contribution in [3.8, 4) is 11.1 Å².